The van der Waals surface area contributed by atoms with Crippen molar-refractivity contribution in [3.63, 3.8) is 0 Å². The Morgan fingerprint density at radius 1 is 1.12 bits per heavy atom. The second kappa shape index (κ2) is 5.46. The Morgan fingerprint density at radius 3 is 2.35 bits per heavy atom. The van der Waals surface area contributed by atoms with Crippen LogP contribution in [0.4, 0.5) is 0 Å². The van der Waals surface area contributed by atoms with Gasteiger partial charge in [0.1, 0.15) is 6.10 Å². The summed E-state index contributed by atoms with van der Waals surface area (Å²) in [4.78, 5) is 27.5. The first-order valence-electron chi connectivity index (χ1n) is 6.00. The van der Waals surface area contributed by atoms with Gasteiger partial charge in [-0.1, -0.05) is 12.8 Å². The van der Waals surface area contributed by atoms with Crippen LogP contribution in [0.25, 0.3) is 0 Å². The Hall–Kier alpha value is -1.14. The van der Waals surface area contributed by atoms with Gasteiger partial charge in [0, 0.05) is 0 Å². The molecule has 2 unspecified atom stereocenters. The van der Waals surface area contributed by atoms with Crippen molar-refractivity contribution in [1.82, 2.24) is 5.48 Å². The van der Waals surface area contributed by atoms with Crippen LogP contribution in [-0.4, -0.2) is 35.3 Å². The third kappa shape index (κ3) is 3.17. The third-order valence-electron chi connectivity index (χ3n) is 3.22. The molecule has 2 fully saturated rings. The van der Waals surface area contributed by atoms with Crippen LogP contribution in [0.3, 0.4) is 0 Å². The van der Waals surface area contributed by atoms with Gasteiger partial charge in [0.05, 0.1) is 6.10 Å². The van der Waals surface area contributed by atoms with Crippen LogP contribution in [-0.2, 0) is 19.2 Å². The lowest BCUT2D eigenvalue weighted by atomic mass is 10.2. The van der Waals surface area contributed by atoms with E-state index in [-0.39, 0.29) is 12.0 Å². The van der Waals surface area contributed by atoms with Crippen LogP contribution in [0, 0.1) is 0 Å². The minimum absolute atomic E-state index is 0.0932. The van der Waals surface area contributed by atoms with Crippen LogP contribution in [0.5, 0.6) is 0 Å². The van der Waals surface area contributed by atoms with Crippen molar-refractivity contribution in [1.29, 1.82) is 0 Å². The minimum atomic E-state index is -1.02. The van der Waals surface area contributed by atoms with Gasteiger partial charge in [0.2, 0.25) is 0 Å². The summed E-state index contributed by atoms with van der Waals surface area (Å²) in [7, 11) is 0. The fourth-order valence-corrected chi connectivity index (χ4v) is 2.23. The number of hydroxylamine groups is 1. The number of carbonyl (C=O) groups is 2. The van der Waals surface area contributed by atoms with Gasteiger partial charge in [-0.3, -0.25) is 9.63 Å². The van der Waals surface area contributed by atoms with Gasteiger partial charge in [0.25, 0.3) is 5.91 Å². The number of hydrogen-bond donors (Lipinski definition) is 2. The first-order chi connectivity index (χ1) is 8.16. The normalized spacial score (nSPS) is 29.4. The fourth-order valence-electron chi connectivity index (χ4n) is 2.23. The van der Waals surface area contributed by atoms with Crippen LogP contribution in [0.15, 0.2) is 0 Å². The highest BCUT2D eigenvalue weighted by atomic mass is 16.7. The average Bonchev–Trinajstić information content (AvgIpc) is 2.96. The topological polar surface area (TPSA) is 84.9 Å². The largest absolute Gasteiger partial charge is 0.479 e. The summed E-state index contributed by atoms with van der Waals surface area (Å²) in [6.45, 7) is 0. The van der Waals surface area contributed by atoms with Gasteiger partial charge in [-0.2, -0.15) is 0 Å². The molecule has 1 aliphatic carbocycles. The minimum Gasteiger partial charge on any atom is -0.479 e. The highest BCUT2D eigenvalue weighted by Gasteiger charge is 2.35. The quantitative estimate of drug-likeness (QED) is 0.707. The van der Waals surface area contributed by atoms with E-state index in [1.54, 1.807) is 0 Å². The molecular formula is C11H17NO5. The molecule has 2 aliphatic rings. The lowest BCUT2D eigenvalue weighted by Gasteiger charge is -2.14. The van der Waals surface area contributed by atoms with Gasteiger partial charge >= 0.3 is 5.97 Å². The Kier molecular flexibility index (Phi) is 3.96. The molecule has 2 N–H and O–H groups in total. The van der Waals surface area contributed by atoms with Crippen molar-refractivity contribution in [3.8, 4) is 0 Å². The lowest BCUT2D eigenvalue weighted by molar-refractivity contribution is -0.157. The fraction of sp³-hybridized carbons (Fsp3) is 0.818. The second-order valence-electron chi connectivity index (χ2n) is 4.52. The molecule has 17 heavy (non-hydrogen) atoms. The maximum atomic E-state index is 11.6. The van der Waals surface area contributed by atoms with Crippen molar-refractivity contribution in [2.24, 2.45) is 0 Å². The number of carboxylic acids is 1. The zero-order valence-electron chi connectivity index (χ0n) is 9.55. The number of carboxylic acid groups (broad SMARTS) is 1. The Balaban J connectivity index is 1.71. The first-order valence-corrected chi connectivity index (χ1v) is 6.00. The summed E-state index contributed by atoms with van der Waals surface area (Å²) in [6, 6.07) is 0. The molecule has 2 rings (SSSR count). The van der Waals surface area contributed by atoms with Crippen molar-refractivity contribution in [3.05, 3.63) is 0 Å². The van der Waals surface area contributed by atoms with E-state index in [0.717, 1.165) is 25.7 Å². The maximum Gasteiger partial charge on any atom is 0.332 e. The second-order valence-corrected chi connectivity index (χ2v) is 4.52. The van der Waals surface area contributed by atoms with E-state index in [1.165, 1.54) is 0 Å². The SMILES string of the molecule is O=C(O)C1CCC(C(=O)NOC2CCCC2)O1. The van der Waals surface area contributed by atoms with Gasteiger partial charge in [-0.15, -0.1) is 0 Å². The van der Waals surface area contributed by atoms with E-state index in [9.17, 15) is 9.59 Å². The molecule has 6 nitrogen and oxygen atoms in total. The van der Waals surface area contributed by atoms with E-state index in [4.69, 9.17) is 14.7 Å². The smallest absolute Gasteiger partial charge is 0.332 e. The van der Waals surface area contributed by atoms with Gasteiger partial charge in [-0.25, -0.2) is 10.3 Å². The zero-order valence-corrected chi connectivity index (χ0v) is 9.55. The highest BCUT2D eigenvalue weighted by molar-refractivity contribution is 5.81. The number of carbonyl (C=O) groups excluding carboxylic acids is 1. The van der Waals surface area contributed by atoms with E-state index in [2.05, 4.69) is 5.48 Å². The van der Waals surface area contributed by atoms with Crippen molar-refractivity contribution < 1.29 is 24.3 Å². The number of hydrogen-bond acceptors (Lipinski definition) is 4. The van der Waals surface area contributed by atoms with E-state index < -0.39 is 18.2 Å². The summed E-state index contributed by atoms with van der Waals surface area (Å²) >= 11 is 0. The molecule has 1 amide bonds. The summed E-state index contributed by atoms with van der Waals surface area (Å²) in [6.07, 6.45) is 3.51. The molecule has 96 valence electrons. The molecule has 0 aromatic carbocycles. The monoisotopic (exact) mass is 243 g/mol. The predicted molar refractivity (Wildman–Crippen MR) is 57.0 cm³/mol. The third-order valence-corrected chi connectivity index (χ3v) is 3.22. The van der Waals surface area contributed by atoms with Gasteiger partial charge in [-0.05, 0) is 25.7 Å². The highest BCUT2D eigenvalue weighted by Crippen LogP contribution is 2.22. The predicted octanol–water partition coefficient (Wildman–Crippen LogP) is 0.609. The molecule has 0 spiro atoms. The molecule has 0 aromatic heterocycles. The summed E-state index contributed by atoms with van der Waals surface area (Å²) in [5.41, 5.74) is 2.37. The summed E-state index contributed by atoms with van der Waals surface area (Å²) in [5.74, 6) is -1.39. The number of ether oxygens (including phenoxy) is 1. The maximum absolute atomic E-state index is 11.6. The van der Waals surface area contributed by atoms with Crippen LogP contribution in [0.1, 0.15) is 38.5 Å². The Labute approximate surface area is 99.2 Å². The summed E-state index contributed by atoms with van der Waals surface area (Å²) in [5, 5.41) is 8.73. The van der Waals surface area contributed by atoms with E-state index in [0.29, 0.717) is 12.8 Å². The molecule has 2 atom stereocenters. The molecule has 0 bridgehead atoms. The van der Waals surface area contributed by atoms with Crippen LogP contribution in [0.2, 0.25) is 0 Å². The Bertz CT molecular complexity index is 300. The van der Waals surface area contributed by atoms with Crippen LogP contribution >= 0.6 is 0 Å². The zero-order chi connectivity index (χ0) is 12.3. The van der Waals surface area contributed by atoms with Crippen molar-refractivity contribution >= 4 is 11.9 Å². The molecule has 6 heteroatoms. The van der Waals surface area contributed by atoms with E-state index in [1.807, 2.05) is 0 Å². The standard InChI is InChI=1S/C11H17NO5/c13-10(12-17-7-3-1-2-4-7)8-5-6-9(16-8)11(14)15/h7-9H,1-6H2,(H,12,13)(H,14,15). The average molecular weight is 243 g/mol. The molecular weight excluding hydrogens is 226 g/mol. The van der Waals surface area contributed by atoms with Crippen molar-refractivity contribution in [2.45, 2.75) is 56.8 Å². The Morgan fingerprint density at radius 2 is 1.76 bits per heavy atom. The van der Waals surface area contributed by atoms with E-state index >= 15 is 0 Å². The number of rotatable bonds is 4. The number of aliphatic carboxylic acids is 1. The van der Waals surface area contributed by atoms with Crippen LogP contribution < -0.4 is 5.48 Å². The molecule has 0 radical (unpaired) electrons. The lowest BCUT2D eigenvalue weighted by Crippen LogP contribution is -2.37. The van der Waals surface area contributed by atoms with Gasteiger partial charge in [0.15, 0.2) is 6.10 Å². The number of nitrogens with one attached hydrogen (secondary N) is 1. The number of amides is 1. The first kappa shape index (κ1) is 12.3. The van der Waals surface area contributed by atoms with Crippen molar-refractivity contribution in [2.75, 3.05) is 0 Å². The molecule has 1 saturated carbocycles. The molecule has 1 saturated heterocycles. The summed E-state index contributed by atoms with van der Waals surface area (Å²) < 4.78 is 5.11. The molecule has 1 aliphatic heterocycles. The molecule has 0 aromatic rings. The molecule has 1 heterocycles. The van der Waals surface area contributed by atoms with Gasteiger partial charge < -0.3 is 9.84 Å².